The van der Waals surface area contributed by atoms with Crippen molar-refractivity contribution in [3.63, 3.8) is 0 Å². The van der Waals surface area contributed by atoms with Crippen molar-refractivity contribution in [2.24, 2.45) is 5.92 Å². The van der Waals surface area contributed by atoms with Crippen LogP contribution in [0.5, 0.6) is 0 Å². The maximum atomic E-state index is 11.9. The molecular weight excluding hydrogens is 300 g/mol. The Hall–Kier alpha value is -2.07. The molecule has 1 aliphatic heterocycles. The highest BCUT2D eigenvalue weighted by Crippen LogP contribution is 2.19. The molecule has 4 heteroatoms. The third-order valence-electron chi connectivity index (χ3n) is 4.98. The molecule has 1 aromatic heterocycles. The minimum Gasteiger partial charge on any atom is -0.459 e. The summed E-state index contributed by atoms with van der Waals surface area (Å²) in [6.45, 7) is 8.26. The van der Waals surface area contributed by atoms with E-state index in [1.165, 1.54) is 23.0 Å². The quantitative estimate of drug-likeness (QED) is 0.914. The van der Waals surface area contributed by atoms with Crippen molar-refractivity contribution >= 4 is 5.91 Å². The van der Waals surface area contributed by atoms with Gasteiger partial charge in [-0.1, -0.05) is 18.2 Å². The molecular formula is C20H26N2O2. The van der Waals surface area contributed by atoms with Crippen LogP contribution in [-0.4, -0.2) is 30.4 Å². The van der Waals surface area contributed by atoms with Gasteiger partial charge in [0.2, 0.25) is 0 Å². The molecule has 24 heavy (non-hydrogen) atoms. The van der Waals surface area contributed by atoms with E-state index in [4.69, 9.17) is 4.42 Å². The van der Waals surface area contributed by atoms with E-state index < -0.39 is 0 Å². The second kappa shape index (κ2) is 7.67. The van der Waals surface area contributed by atoms with Crippen LogP contribution in [0, 0.1) is 19.8 Å². The van der Waals surface area contributed by atoms with Gasteiger partial charge in [0.25, 0.3) is 5.91 Å². The van der Waals surface area contributed by atoms with Crippen molar-refractivity contribution in [2.75, 3.05) is 19.6 Å². The SMILES string of the molecule is Cc1ccc(CN2CCC(CNC(=O)c3ccco3)CC2)cc1C. The lowest BCUT2D eigenvalue weighted by Crippen LogP contribution is -2.38. The number of piperidine rings is 1. The minimum absolute atomic E-state index is 0.113. The van der Waals surface area contributed by atoms with Crippen LogP contribution < -0.4 is 5.32 Å². The summed E-state index contributed by atoms with van der Waals surface area (Å²) >= 11 is 0. The van der Waals surface area contributed by atoms with Gasteiger partial charge in [-0.3, -0.25) is 9.69 Å². The van der Waals surface area contributed by atoms with Crippen molar-refractivity contribution < 1.29 is 9.21 Å². The maximum Gasteiger partial charge on any atom is 0.286 e. The molecule has 3 rings (SSSR count). The van der Waals surface area contributed by atoms with Crippen molar-refractivity contribution in [2.45, 2.75) is 33.2 Å². The molecule has 0 bridgehead atoms. The summed E-state index contributed by atoms with van der Waals surface area (Å²) in [5.41, 5.74) is 4.11. The lowest BCUT2D eigenvalue weighted by molar-refractivity contribution is 0.0907. The highest BCUT2D eigenvalue weighted by Gasteiger charge is 2.20. The molecule has 128 valence electrons. The van der Waals surface area contributed by atoms with Gasteiger partial charge in [-0.2, -0.15) is 0 Å². The average molecular weight is 326 g/mol. The normalized spacial score (nSPS) is 16.2. The summed E-state index contributed by atoms with van der Waals surface area (Å²) in [5.74, 6) is 0.833. The summed E-state index contributed by atoms with van der Waals surface area (Å²) in [5, 5.41) is 2.98. The van der Waals surface area contributed by atoms with Gasteiger partial charge in [-0.05, 0) is 74.5 Å². The molecule has 1 N–H and O–H groups in total. The Labute approximate surface area is 143 Å². The highest BCUT2D eigenvalue weighted by atomic mass is 16.3. The molecule has 1 amide bonds. The number of furan rings is 1. The van der Waals surface area contributed by atoms with E-state index in [1.54, 1.807) is 12.1 Å². The number of benzene rings is 1. The molecule has 1 aliphatic rings. The Morgan fingerprint density at radius 1 is 1.21 bits per heavy atom. The lowest BCUT2D eigenvalue weighted by atomic mass is 9.96. The number of carbonyl (C=O) groups excluding carboxylic acids is 1. The fourth-order valence-corrected chi connectivity index (χ4v) is 3.24. The molecule has 2 heterocycles. The second-order valence-corrected chi connectivity index (χ2v) is 6.83. The maximum absolute atomic E-state index is 11.9. The standard InChI is InChI=1S/C20H26N2O2/c1-15-5-6-18(12-16(15)2)14-22-9-7-17(8-10-22)13-21-20(23)19-4-3-11-24-19/h3-6,11-12,17H,7-10,13-14H2,1-2H3,(H,21,23). The number of aryl methyl sites for hydroxylation is 2. The minimum atomic E-state index is -0.113. The Balaban J connectivity index is 1.42. The third kappa shape index (κ3) is 4.26. The van der Waals surface area contributed by atoms with Crippen LogP contribution in [0.15, 0.2) is 41.0 Å². The summed E-state index contributed by atoms with van der Waals surface area (Å²) in [6.07, 6.45) is 3.78. The molecule has 4 nitrogen and oxygen atoms in total. The fraction of sp³-hybridized carbons (Fsp3) is 0.450. The summed E-state index contributed by atoms with van der Waals surface area (Å²) in [7, 11) is 0. The number of carbonyl (C=O) groups is 1. The van der Waals surface area contributed by atoms with Crippen LogP contribution in [-0.2, 0) is 6.54 Å². The number of nitrogens with zero attached hydrogens (tertiary/aromatic N) is 1. The average Bonchev–Trinajstić information content (AvgIpc) is 3.12. The Morgan fingerprint density at radius 3 is 2.67 bits per heavy atom. The summed E-state index contributed by atoms with van der Waals surface area (Å²) in [6, 6.07) is 10.2. The number of likely N-dealkylation sites (tertiary alicyclic amines) is 1. The van der Waals surface area contributed by atoms with Gasteiger partial charge in [0.15, 0.2) is 5.76 Å². The second-order valence-electron chi connectivity index (χ2n) is 6.83. The van der Waals surface area contributed by atoms with Crippen LogP contribution in [0.4, 0.5) is 0 Å². The molecule has 1 aromatic carbocycles. The van der Waals surface area contributed by atoms with Gasteiger partial charge in [0.1, 0.15) is 0 Å². The highest BCUT2D eigenvalue weighted by molar-refractivity contribution is 5.91. The van der Waals surface area contributed by atoms with Gasteiger partial charge in [0, 0.05) is 13.1 Å². The number of rotatable bonds is 5. The van der Waals surface area contributed by atoms with Crippen molar-refractivity contribution in [3.05, 3.63) is 59.0 Å². The van der Waals surface area contributed by atoms with E-state index in [-0.39, 0.29) is 5.91 Å². The van der Waals surface area contributed by atoms with E-state index >= 15 is 0 Å². The molecule has 1 fully saturated rings. The van der Waals surface area contributed by atoms with E-state index in [2.05, 4.69) is 42.3 Å². The number of nitrogens with one attached hydrogen (secondary N) is 1. The van der Waals surface area contributed by atoms with Crippen LogP contribution in [0.2, 0.25) is 0 Å². The molecule has 0 radical (unpaired) electrons. The van der Waals surface area contributed by atoms with Crippen LogP contribution >= 0.6 is 0 Å². The van der Waals surface area contributed by atoms with Gasteiger partial charge in [-0.15, -0.1) is 0 Å². The van der Waals surface area contributed by atoms with E-state index in [9.17, 15) is 4.79 Å². The van der Waals surface area contributed by atoms with E-state index in [1.807, 2.05) is 0 Å². The Bertz CT molecular complexity index is 671. The first kappa shape index (κ1) is 16.8. The van der Waals surface area contributed by atoms with Gasteiger partial charge >= 0.3 is 0 Å². The lowest BCUT2D eigenvalue weighted by Gasteiger charge is -2.32. The zero-order valence-corrected chi connectivity index (χ0v) is 14.5. The Morgan fingerprint density at radius 2 is 2.00 bits per heavy atom. The van der Waals surface area contributed by atoms with Crippen molar-refractivity contribution in [1.29, 1.82) is 0 Å². The molecule has 0 spiro atoms. The zero-order chi connectivity index (χ0) is 16.9. The molecule has 0 unspecified atom stereocenters. The topological polar surface area (TPSA) is 45.5 Å². The fourth-order valence-electron chi connectivity index (χ4n) is 3.24. The molecule has 0 aliphatic carbocycles. The van der Waals surface area contributed by atoms with Gasteiger partial charge < -0.3 is 9.73 Å². The van der Waals surface area contributed by atoms with Crippen molar-refractivity contribution in [3.8, 4) is 0 Å². The van der Waals surface area contributed by atoms with E-state index in [0.29, 0.717) is 11.7 Å². The molecule has 0 atom stereocenters. The largest absolute Gasteiger partial charge is 0.459 e. The molecule has 0 saturated carbocycles. The van der Waals surface area contributed by atoms with E-state index in [0.717, 1.165) is 39.0 Å². The summed E-state index contributed by atoms with van der Waals surface area (Å²) < 4.78 is 5.12. The smallest absolute Gasteiger partial charge is 0.286 e. The predicted molar refractivity (Wildman–Crippen MR) is 95.0 cm³/mol. The third-order valence-corrected chi connectivity index (χ3v) is 4.98. The first-order valence-electron chi connectivity index (χ1n) is 8.72. The zero-order valence-electron chi connectivity index (χ0n) is 14.5. The van der Waals surface area contributed by atoms with Gasteiger partial charge in [-0.25, -0.2) is 0 Å². The monoisotopic (exact) mass is 326 g/mol. The molecule has 2 aromatic rings. The summed E-state index contributed by atoms with van der Waals surface area (Å²) in [4.78, 5) is 14.4. The van der Waals surface area contributed by atoms with Gasteiger partial charge in [0.05, 0.1) is 6.26 Å². The number of hydrogen-bond acceptors (Lipinski definition) is 3. The predicted octanol–water partition coefficient (Wildman–Crippen LogP) is 3.54. The number of amides is 1. The van der Waals surface area contributed by atoms with Crippen LogP contribution in [0.25, 0.3) is 0 Å². The molecule has 1 saturated heterocycles. The Kier molecular flexibility index (Phi) is 5.36. The number of hydrogen-bond donors (Lipinski definition) is 1. The van der Waals surface area contributed by atoms with Crippen LogP contribution in [0.3, 0.4) is 0 Å². The first-order valence-corrected chi connectivity index (χ1v) is 8.72. The van der Waals surface area contributed by atoms with Crippen molar-refractivity contribution in [1.82, 2.24) is 10.2 Å². The first-order chi connectivity index (χ1) is 11.6. The van der Waals surface area contributed by atoms with Crippen LogP contribution in [0.1, 0.15) is 40.1 Å².